The molecule has 1 saturated heterocycles. The molecule has 0 unspecified atom stereocenters. The molecule has 0 bridgehead atoms. The van der Waals surface area contributed by atoms with Crippen molar-refractivity contribution in [3.63, 3.8) is 0 Å². The molecule has 2 fully saturated rings. The molecule has 168 valence electrons. The topological polar surface area (TPSA) is 45.7 Å². The van der Waals surface area contributed by atoms with Crippen molar-refractivity contribution in [1.82, 2.24) is 14.8 Å². The Morgan fingerprint density at radius 3 is 2.74 bits per heavy atom. The van der Waals surface area contributed by atoms with Crippen LogP contribution in [0, 0.1) is 19.8 Å². The van der Waals surface area contributed by atoms with Gasteiger partial charge in [-0.1, -0.05) is 25.0 Å². The second-order valence-electron chi connectivity index (χ2n) is 9.01. The summed E-state index contributed by atoms with van der Waals surface area (Å²) in [6, 6.07) is 6.14. The molecule has 1 amide bonds. The third-order valence-electron chi connectivity index (χ3n) is 6.76. The van der Waals surface area contributed by atoms with E-state index in [1.54, 1.807) is 11.3 Å². The molecule has 5 nitrogen and oxygen atoms in total. The molecule has 6 heteroatoms. The largest absolute Gasteiger partial charge is 0.486 e. The minimum Gasteiger partial charge on any atom is -0.486 e. The van der Waals surface area contributed by atoms with Gasteiger partial charge in [0.25, 0.3) is 0 Å². The number of aromatic nitrogens is 1. The monoisotopic (exact) mass is 441 g/mol. The van der Waals surface area contributed by atoms with E-state index in [1.807, 2.05) is 12.1 Å². The maximum absolute atomic E-state index is 13.2. The number of amides is 1. The fourth-order valence-electron chi connectivity index (χ4n) is 4.67. The summed E-state index contributed by atoms with van der Waals surface area (Å²) in [4.78, 5) is 22.5. The zero-order chi connectivity index (χ0) is 21.6. The van der Waals surface area contributed by atoms with Gasteiger partial charge in [-0.15, -0.1) is 11.3 Å². The average Bonchev–Trinajstić information content (AvgIpc) is 3.54. The fourth-order valence-corrected chi connectivity index (χ4v) is 5.37. The van der Waals surface area contributed by atoms with E-state index in [1.165, 1.54) is 49.9 Å². The minimum atomic E-state index is 0.212. The van der Waals surface area contributed by atoms with E-state index in [2.05, 4.69) is 35.1 Å². The highest BCUT2D eigenvalue weighted by molar-refractivity contribution is 7.09. The third-order valence-corrected chi connectivity index (χ3v) is 7.63. The fraction of sp³-hybridized carbons (Fsp3) is 0.600. The van der Waals surface area contributed by atoms with Crippen LogP contribution in [0.4, 0.5) is 0 Å². The van der Waals surface area contributed by atoms with Gasteiger partial charge in [-0.05, 0) is 69.8 Å². The van der Waals surface area contributed by atoms with Crippen LogP contribution in [-0.4, -0.2) is 46.9 Å². The summed E-state index contributed by atoms with van der Waals surface area (Å²) in [7, 11) is 0. The summed E-state index contributed by atoms with van der Waals surface area (Å²) in [5.41, 5.74) is 3.39. The van der Waals surface area contributed by atoms with Crippen molar-refractivity contribution in [3.05, 3.63) is 45.4 Å². The quantitative estimate of drug-likeness (QED) is 0.552. The molecule has 1 aromatic carbocycles. The second-order valence-corrected chi connectivity index (χ2v) is 9.95. The predicted octanol–water partition coefficient (Wildman–Crippen LogP) is 4.95. The van der Waals surface area contributed by atoms with Gasteiger partial charge in [0.2, 0.25) is 5.91 Å². The number of hydrogen-bond donors (Lipinski definition) is 0. The molecule has 1 saturated carbocycles. The molecule has 2 heterocycles. The molecular formula is C25H35N3O2S. The van der Waals surface area contributed by atoms with E-state index < -0.39 is 0 Å². The maximum atomic E-state index is 13.2. The van der Waals surface area contributed by atoms with Gasteiger partial charge in [-0.3, -0.25) is 4.79 Å². The van der Waals surface area contributed by atoms with E-state index in [0.29, 0.717) is 19.1 Å². The smallest absolute Gasteiger partial charge is 0.226 e. The highest BCUT2D eigenvalue weighted by atomic mass is 32.1. The van der Waals surface area contributed by atoms with Gasteiger partial charge in [-0.25, -0.2) is 4.98 Å². The molecule has 31 heavy (non-hydrogen) atoms. The summed E-state index contributed by atoms with van der Waals surface area (Å²) in [5.74, 6) is 1.46. The maximum Gasteiger partial charge on any atom is 0.226 e. The van der Waals surface area contributed by atoms with Gasteiger partial charge in [0.05, 0.1) is 12.2 Å². The van der Waals surface area contributed by atoms with Gasteiger partial charge in [0.1, 0.15) is 17.4 Å². The Kier molecular flexibility index (Phi) is 7.62. The van der Waals surface area contributed by atoms with Crippen molar-refractivity contribution in [3.8, 4) is 5.75 Å². The van der Waals surface area contributed by atoms with E-state index in [-0.39, 0.29) is 5.92 Å². The number of carbonyl (C=O) groups excluding carboxylic acids is 1. The number of aryl methyl sites for hydroxylation is 1. The number of benzene rings is 1. The molecule has 0 radical (unpaired) electrons. The Morgan fingerprint density at radius 1 is 1.19 bits per heavy atom. The van der Waals surface area contributed by atoms with Gasteiger partial charge < -0.3 is 14.5 Å². The van der Waals surface area contributed by atoms with Crippen LogP contribution in [-0.2, 0) is 17.9 Å². The van der Waals surface area contributed by atoms with Crippen LogP contribution in [0.25, 0.3) is 0 Å². The van der Waals surface area contributed by atoms with Crippen LogP contribution in [0.2, 0.25) is 0 Å². The number of nitrogens with zero attached hydrogens (tertiary/aromatic N) is 3. The highest BCUT2D eigenvalue weighted by Gasteiger charge is 2.28. The zero-order valence-corrected chi connectivity index (χ0v) is 19.8. The Hall–Kier alpha value is -1.92. The molecule has 0 spiro atoms. The Balaban J connectivity index is 1.37. The van der Waals surface area contributed by atoms with Gasteiger partial charge in [-0.2, -0.15) is 0 Å². The normalized spacial score (nSPS) is 17.4. The molecular weight excluding hydrogens is 406 g/mol. The Labute approximate surface area is 190 Å². The average molecular weight is 442 g/mol. The Bertz CT molecular complexity index is 869. The number of carbonyl (C=O) groups is 1. The molecule has 1 aliphatic heterocycles. The van der Waals surface area contributed by atoms with Crippen molar-refractivity contribution >= 4 is 17.2 Å². The summed E-state index contributed by atoms with van der Waals surface area (Å²) in [6.07, 6.45) is 7.04. The molecule has 4 rings (SSSR count). The van der Waals surface area contributed by atoms with Crippen molar-refractivity contribution in [2.45, 2.75) is 65.5 Å². The van der Waals surface area contributed by atoms with Crippen LogP contribution in [0.5, 0.6) is 5.75 Å². The molecule has 2 aliphatic rings. The SMILES string of the molecule is Cc1cccc(OCc2nc(CN(CCN3CCCC3)C(=O)C3CCCC3)cs2)c1C. The lowest BCUT2D eigenvalue weighted by Gasteiger charge is -2.27. The lowest BCUT2D eigenvalue weighted by molar-refractivity contribution is -0.136. The highest BCUT2D eigenvalue weighted by Crippen LogP contribution is 2.28. The van der Waals surface area contributed by atoms with E-state index in [4.69, 9.17) is 9.72 Å². The van der Waals surface area contributed by atoms with Gasteiger partial charge >= 0.3 is 0 Å². The first-order valence-corrected chi connectivity index (χ1v) is 12.6. The lowest BCUT2D eigenvalue weighted by atomic mass is 10.1. The van der Waals surface area contributed by atoms with Crippen molar-refractivity contribution in [2.75, 3.05) is 26.2 Å². The standard InChI is InChI=1S/C25H35N3O2S/c1-19-8-7-11-23(20(19)2)30-17-24-26-22(18-31-24)16-28(15-14-27-12-5-6-13-27)25(29)21-9-3-4-10-21/h7-8,11,18,21H,3-6,9-10,12-17H2,1-2H3. The first-order chi connectivity index (χ1) is 15.1. The molecule has 0 atom stereocenters. The van der Waals surface area contributed by atoms with Crippen LogP contribution in [0.1, 0.15) is 60.4 Å². The van der Waals surface area contributed by atoms with Crippen LogP contribution >= 0.6 is 11.3 Å². The van der Waals surface area contributed by atoms with Gasteiger partial charge in [0.15, 0.2) is 0 Å². The number of likely N-dealkylation sites (tertiary alicyclic amines) is 1. The first-order valence-electron chi connectivity index (χ1n) is 11.7. The number of thiazole rings is 1. The minimum absolute atomic E-state index is 0.212. The first kappa shape index (κ1) is 22.3. The predicted molar refractivity (Wildman–Crippen MR) is 125 cm³/mol. The summed E-state index contributed by atoms with van der Waals surface area (Å²) in [5, 5.41) is 3.05. The van der Waals surface area contributed by atoms with Crippen LogP contribution in [0.3, 0.4) is 0 Å². The molecule has 1 aromatic heterocycles. The Morgan fingerprint density at radius 2 is 1.97 bits per heavy atom. The number of rotatable bonds is 9. The molecule has 0 N–H and O–H groups in total. The van der Waals surface area contributed by atoms with Crippen molar-refractivity contribution in [2.24, 2.45) is 5.92 Å². The van der Waals surface area contributed by atoms with Crippen LogP contribution < -0.4 is 4.74 Å². The summed E-state index contributed by atoms with van der Waals surface area (Å²) in [6.45, 7) is 9.39. The van der Waals surface area contributed by atoms with Gasteiger partial charge in [0, 0.05) is 24.4 Å². The summed E-state index contributed by atoms with van der Waals surface area (Å²) < 4.78 is 6.03. The second kappa shape index (κ2) is 10.6. The number of hydrogen-bond acceptors (Lipinski definition) is 5. The lowest BCUT2D eigenvalue weighted by Crippen LogP contribution is -2.40. The van der Waals surface area contributed by atoms with Crippen LogP contribution in [0.15, 0.2) is 23.6 Å². The third kappa shape index (κ3) is 5.86. The van der Waals surface area contributed by atoms with E-state index in [9.17, 15) is 4.79 Å². The van der Waals surface area contributed by atoms with Crippen molar-refractivity contribution in [1.29, 1.82) is 0 Å². The van der Waals surface area contributed by atoms with Crippen molar-refractivity contribution < 1.29 is 9.53 Å². The van der Waals surface area contributed by atoms with E-state index >= 15 is 0 Å². The van der Waals surface area contributed by atoms with E-state index in [0.717, 1.165) is 42.4 Å². The molecule has 1 aliphatic carbocycles. The summed E-state index contributed by atoms with van der Waals surface area (Å²) >= 11 is 1.62. The molecule has 2 aromatic rings. The zero-order valence-electron chi connectivity index (χ0n) is 18.9. The number of ether oxygens (including phenoxy) is 1.